The maximum Gasteiger partial charge on any atom is 0.246 e. The molecule has 1 heterocycles. The Balaban J connectivity index is 1.81. The predicted octanol–water partition coefficient (Wildman–Crippen LogP) is 3.49. The maximum atomic E-state index is 12.6. The van der Waals surface area contributed by atoms with E-state index in [9.17, 15) is 4.79 Å². The number of carbonyl (C=O) groups excluding carboxylic acids is 1. The van der Waals surface area contributed by atoms with Gasteiger partial charge in [-0.05, 0) is 37.5 Å². The first-order valence-electron chi connectivity index (χ1n) is 8.32. The predicted molar refractivity (Wildman–Crippen MR) is 107 cm³/mol. The van der Waals surface area contributed by atoms with Crippen LogP contribution < -0.4 is 5.32 Å². The Labute approximate surface area is 162 Å². The lowest BCUT2D eigenvalue weighted by atomic mass is 9.98. The first-order valence-corrected chi connectivity index (χ1v) is 9.58. The second-order valence-electron chi connectivity index (χ2n) is 6.35. The molecule has 0 saturated carbocycles. The molecule has 3 aliphatic rings. The van der Waals surface area contributed by atoms with E-state index in [-0.39, 0.29) is 17.3 Å². The van der Waals surface area contributed by atoms with Crippen molar-refractivity contribution in [3.8, 4) is 17.9 Å². The zero-order valence-electron chi connectivity index (χ0n) is 14.5. The number of amidine groups is 1. The highest BCUT2D eigenvalue weighted by Crippen LogP contribution is 2.39. The standard InChI is InChI=1S/C20H18ClN3OS/c1-13(16-8-3-4-9-17(16)21)23-19-24-18(25)20(2,26-19)15-7-5-6-14(12-22)10-11-15/h3-4,7-8,10-11,13-14,17H,9H2,1-2H3,(H,23,24,25)/t13-,14-,17?,20?/m0/s1. The molecule has 6 heteroatoms. The zero-order chi connectivity index (χ0) is 18.7. The van der Waals surface area contributed by atoms with Crippen LogP contribution in [0.3, 0.4) is 0 Å². The number of nitriles is 1. The molecule has 26 heavy (non-hydrogen) atoms. The summed E-state index contributed by atoms with van der Waals surface area (Å²) in [7, 11) is 0. The Morgan fingerprint density at radius 3 is 3.12 bits per heavy atom. The van der Waals surface area contributed by atoms with Crippen LogP contribution in [-0.4, -0.2) is 27.2 Å². The van der Waals surface area contributed by atoms with Gasteiger partial charge in [0.25, 0.3) is 0 Å². The van der Waals surface area contributed by atoms with E-state index in [2.05, 4.69) is 28.2 Å². The van der Waals surface area contributed by atoms with Crippen molar-refractivity contribution in [2.45, 2.75) is 36.4 Å². The molecule has 4 atom stereocenters. The number of carbonyl (C=O) groups is 1. The highest BCUT2D eigenvalue weighted by atomic mass is 35.5. The van der Waals surface area contributed by atoms with Crippen LogP contribution in [0.5, 0.6) is 0 Å². The molecule has 132 valence electrons. The summed E-state index contributed by atoms with van der Waals surface area (Å²) in [4.78, 5) is 17.3. The Morgan fingerprint density at radius 2 is 2.38 bits per heavy atom. The Hall–Kier alpha value is -2.21. The fourth-order valence-electron chi connectivity index (χ4n) is 2.88. The summed E-state index contributed by atoms with van der Waals surface area (Å²) in [5.74, 6) is 5.11. The number of alkyl halides is 1. The molecule has 2 unspecified atom stereocenters. The molecule has 0 radical (unpaired) electrons. The summed E-state index contributed by atoms with van der Waals surface area (Å²) in [6, 6.07) is 1.99. The fraction of sp³-hybridized carbons (Fsp3) is 0.350. The second kappa shape index (κ2) is 7.58. The Bertz CT molecular complexity index is 881. The lowest BCUT2D eigenvalue weighted by Crippen LogP contribution is -2.35. The van der Waals surface area contributed by atoms with E-state index < -0.39 is 10.7 Å². The van der Waals surface area contributed by atoms with Crippen LogP contribution in [0.2, 0.25) is 0 Å². The summed E-state index contributed by atoms with van der Waals surface area (Å²) >= 11 is 7.74. The van der Waals surface area contributed by atoms with Crippen LogP contribution in [0.1, 0.15) is 20.3 Å². The van der Waals surface area contributed by atoms with Gasteiger partial charge in [-0.1, -0.05) is 54.0 Å². The summed E-state index contributed by atoms with van der Waals surface area (Å²) in [6.07, 6.45) is 12.0. The smallest absolute Gasteiger partial charge is 0.246 e. The second-order valence-corrected chi connectivity index (χ2v) is 8.29. The maximum absolute atomic E-state index is 12.6. The highest BCUT2D eigenvalue weighted by molar-refractivity contribution is 8.16. The van der Waals surface area contributed by atoms with Crippen molar-refractivity contribution >= 4 is 34.4 Å². The number of nitrogens with one attached hydrogen (secondary N) is 1. The SMILES string of the molecule is C[C@H](N=C1NC(=O)C(C)(C2=CC#C[C@H](C#N)C=C2)S1)C1=CC=CCC1Cl. The van der Waals surface area contributed by atoms with Crippen LogP contribution >= 0.6 is 23.4 Å². The molecule has 0 bridgehead atoms. The summed E-state index contributed by atoms with van der Waals surface area (Å²) in [5, 5.41) is 12.4. The number of rotatable bonds is 3. The van der Waals surface area contributed by atoms with E-state index >= 15 is 0 Å². The zero-order valence-corrected chi connectivity index (χ0v) is 16.1. The number of nitrogens with zero attached hydrogens (tertiary/aromatic N) is 2. The molecule has 0 aromatic heterocycles. The van der Waals surface area contributed by atoms with Crippen molar-refractivity contribution in [3.63, 3.8) is 0 Å². The largest absolute Gasteiger partial charge is 0.304 e. The van der Waals surface area contributed by atoms with Gasteiger partial charge in [-0.25, -0.2) is 0 Å². The van der Waals surface area contributed by atoms with Gasteiger partial charge in [0.15, 0.2) is 5.17 Å². The lowest BCUT2D eigenvalue weighted by molar-refractivity contribution is -0.120. The van der Waals surface area contributed by atoms with Crippen molar-refractivity contribution < 1.29 is 4.79 Å². The summed E-state index contributed by atoms with van der Waals surface area (Å²) < 4.78 is -0.824. The van der Waals surface area contributed by atoms with Crippen molar-refractivity contribution in [2.75, 3.05) is 0 Å². The van der Waals surface area contributed by atoms with Gasteiger partial charge in [0, 0.05) is 0 Å². The average Bonchev–Trinajstić information content (AvgIpc) is 2.80. The lowest BCUT2D eigenvalue weighted by Gasteiger charge is -2.20. The van der Waals surface area contributed by atoms with Gasteiger partial charge in [-0.2, -0.15) is 5.26 Å². The van der Waals surface area contributed by atoms with Crippen molar-refractivity contribution in [1.82, 2.24) is 5.32 Å². The molecular formula is C20H18ClN3OS. The number of halogens is 1. The van der Waals surface area contributed by atoms with Gasteiger partial charge in [0.1, 0.15) is 10.7 Å². The normalized spacial score (nSPS) is 32.7. The third-order valence-corrected chi connectivity index (χ3v) is 6.16. The molecule has 3 rings (SSSR count). The van der Waals surface area contributed by atoms with E-state index in [0.29, 0.717) is 5.17 Å². The molecular weight excluding hydrogens is 366 g/mol. The topological polar surface area (TPSA) is 65.2 Å². The van der Waals surface area contributed by atoms with Crippen LogP contribution in [0, 0.1) is 29.1 Å². The van der Waals surface area contributed by atoms with Crippen LogP contribution in [0.25, 0.3) is 0 Å². The number of amides is 1. The molecule has 1 aliphatic heterocycles. The third-order valence-electron chi connectivity index (χ3n) is 4.50. The number of hydrogen-bond donors (Lipinski definition) is 1. The first-order chi connectivity index (χ1) is 12.4. The number of aliphatic imine (C=N–C) groups is 1. The van der Waals surface area contributed by atoms with Crippen molar-refractivity contribution in [2.24, 2.45) is 10.9 Å². The minimum absolute atomic E-state index is 0.0708. The van der Waals surface area contributed by atoms with E-state index in [4.69, 9.17) is 16.9 Å². The van der Waals surface area contributed by atoms with E-state index in [1.165, 1.54) is 11.8 Å². The van der Waals surface area contributed by atoms with E-state index in [1.54, 1.807) is 18.2 Å². The van der Waals surface area contributed by atoms with Gasteiger partial charge >= 0.3 is 0 Å². The molecule has 0 aromatic carbocycles. The van der Waals surface area contributed by atoms with Crippen molar-refractivity contribution in [1.29, 1.82) is 5.26 Å². The number of allylic oxidation sites excluding steroid dienone is 6. The van der Waals surface area contributed by atoms with Gasteiger partial charge in [0.2, 0.25) is 5.91 Å². The van der Waals surface area contributed by atoms with Crippen LogP contribution in [0.15, 0.2) is 52.6 Å². The molecule has 0 spiro atoms. The van der Waals surface area contributed by atoms with Crippen LogP contribution in [0.4, 0.5) is 0 Å². The van der Waals surface area contributed by atoms with E-state index in [1.807, 2.05) is 32.1 Å². The minimum atomic E-state index is -0.824. The third kappa shape index (κ3) is 3.65. The van der Waals surface area contributed by atoms with Gasteiger partial charge in [0.05, 0.1) is 17.5 Å². The van der Waals surface area contributed by atoms with Crippen LogP contribution in [-0.2, 0) is 4.79 Å². The molecule has 1 saturated heterocycles. The van der Waals surface area contributed by atoms with E-state index in [0.717, 1.165) is 17.6 Å². The number of thioether (sulfide) groups is 1. The van der Waals surface area contributed by atoms with Gasteiger partial charge in [-0.3, -0.25) is 9.79 Å². The Morgan fingerprint density at radius 1 is 1.58 bits per heavy atom. The molecule has 4 nitrogen and oxygen atoms in total. The summed E-state index contributed by atoms with van der Waals surface area (Å²) in [5.41, 5.74) is 1.81. The molecule has 0 aromatic rings. The number of hydrogen-bond acceptors (Lipinski definition) is 4. The quantitative estimate of drug-likeness (QED) is 0.599. The summed E-state index contributed by atoms with van der Waals surface area (Å²) in [6.45, 7) is 3.82. The minimum Gasteiger partial charge on any atom is -0.304 e. The molecule has 1 amide bonds. The van der Waals surface area contributed by atoms with Gasteiger partial charge in [-0.15, -0.1) is 11.6 Å². The molecule has 2 aliphatic carbocycles. The molecule has 1 N–H and O–H groups in total. The fourth-order valence-corrected chi connectivity index (χ4v) is 4.36. The highest BCUT2D eigenvalue weighted by Gasteiger charge is 2.45. The first kappa shape index (κ1) is 18.6. The van der Waals surface area contributed by atoms with Gasteiger partial charge < -0.3 is 5.32 Å². The van der Waals surface area contributed by atoms with Crippen molar-refractivity contribution in [3.05, 3.63) is 47.6 Å². The molecule has 1 fully saturated rings. The Kier molecular flexibility index (Phi) is 5.41. The monoisotopic (exact) mass is 383 g/mol. The average molecular weight is 384 g/mol.